The molecular formula is C48H30N4O. The van der Waals surface area contributed by atoms with E-state index in [0.29, 0.717) is 17.5 Å². The number of fused-ring (bicyclic) bond motifs is 5. The molecule has 0 aliphatic rings. The van der Waals surface area contributed by atoms with Crippen molar-refractivity contribution in [1.29, 1.82) is 0 Å². The van der Waals surface area contributed by atoms with Gasteiger partial charge in [-0.2, -0.15) is 0 Å². The number of pyridine rings is 1. The summed E-state index contributed by atoms with van der Waals surface area (Å²) in [6.07, 6.45) is 0. The Hall–Kier alpha value is -7.24. The largest absolute Gasteiger partial charge is 0.455 e. The van der Waals surface area contributed by atoms with Gasteiger partial charge in [0.05, 0.1) is 22.0 Å². The Bertz CT molecular complexity index is 2800. The summed E-state index contributed by atoms with van der Waals surface area (Å²) in [6.45, 7) is 0. The summed E-state index contributed by atoms with van der Waals surface area (Å²) in [4.78, 5) is 20.7. The van der Waals surface area contributed by atoms with Crippen molar-refractivity contribution in [2.75, 3.05) is 0 Å². The zero-order chi connectivity index (χ0) is 35.1. The number of rotatable bonds is 6. The molecule has 5 nitrogen and oxygen atoms in total. The van der Waals surface area contributed by atoms with E-state index in [2.05, 4.69) is 121 Å². The third-order valence-electron chi connectivity index (χ3n) is 9.76. The summed E-state index contributed by atoms with van der Waals surface area (Å²) >= 11 is 0. The van der Waals surface area contributed by atoms with E-state index in [1.807, 2.05) is 60.7 Å². The van der Waals surface area contributed by atoms with E-state index in [9.17, 15) is 0 Å². The minimum Gasteiger partial charge on any atom is -0.455 e. The van der Waals surface area contributed by atoms with Crippen LogP contribution in [0, 0.1) is 0 Å². The molecule has 0 aliphatic carbocycles. The fourth-order valence-corrected chi connectivity index (χ4v) is 7.14. The van der Waals surface area contributed by atoms with Crippen molar-refractivity contribution in [3.63, 3.8) is 0 Å². The molecule has 0 saturated carbocycles. The van der Waals surface area contributed by atoms with E-state index in [4.69, 9.17) is 24.4 Å². The van der Waals surface area contributed by atoms with Crippen molar-refractivity contribution in [3.8, 4) is 67.7 Å². The number of furan rings is 1. The maximum absolute atomic E-state index is 6.72. The van der Waals surface area contributed by atoms with E-state index in [0.717, 1.165) is 83.0 Å². The normalized spacial score (nSPS) is 11.4. The lowest BCUT2D eigenvalue weighted by Crippen LogP contribution is -2.01. The zero-order valence-corrected chi connectivity index (χ0v) is 28.5. The molecule has 0 aliphatic heterocycles. The number of hydrogen-bond donors (Lipinski definition) is 0. The van der Waals surface area contributed by atoms with Crippen LogP contribution in [0.25, 0.3) is 101 Å². The molecule has 10 rings (SSSR count). The highest BCUT2D eigenvalue weighted by Gasteiger charge is 2.22. The molecule has 0 bridgehead atoms. The van der Waals surface area contributed by atoms with Gasteiger partial charge in [-0.1, -0.05) is 170 Å². The predicted molar refractivity (Wildman–Crippen MR) is 215 cm³/mol. The average molecular weight is 679 g/mol. The van der Waals surface area contributed by atoms with Crippen LogP contribution in [-0.2, 0) is 0 Å². The fourth-order valence-electron chi connectivity index (χ4n) is 7.14. The van der Waals surface area contributed by atoms with Gasteiger partial charge in [0, 0.05) is 27.6 Å². The maximum atomic E-state index is 6.72. The van der Waals surface area contributed by atoms with Crippen molar-refractivity contribution in [2.24, 2.45) is 0 Å². The lowest BCUT2D eigenvalue weighted by Gasteiger charge is -2.12. The van der Waals surface area contributed by atoms with Gasteiger partial charge in [0.2, 0.25) is 0 Å². The van der Waals surface area contributed by atoms with E-state index in [1.54, 1.807) is 0 Å². The molecule has 53 heavy (non-hydrogen) atoms. The van der Waals surface area contributed by atoms with Gasteiger partial charge in [-0.15, -0.1) is 0 Å². The quantitative estimate of drug-likeness (QED) is 0.175. The van der Waals surface area contributed by atoms with Crippen molar-refractivity contribution in [2.45, 2.75) is 0 Å². The summed E-state index contributed by atoms with van der Waals surface area (Å²) in [6, 6.07) is 62.1. The molecule has 5 heteroatoms. The Kier molecular flexibility index (Phi) is 7.40. The molecule has 0 amide bonds. The minimum atomic E-state index is 0.547. The highest BCUT2D eigenvalue weighted by Crippen LogP contribution is 2.42. The minimum absolute atomic E-state index is 0.547. The zero-order valence-electron chi connectivity index (χ0n) is 28.5. The Morgan fingerprint density at radius 2 is 0.792 bits per heavy atom. The molecule has 0 atom stereocenters. The first-order valence-electron chi connectivity index (χ1n) is 17.6. The monoisotopic (exact) mass is 678 g/mol. The van der Waals surface area contributed by atoms with E-state index < -0.39 is 0 Å². The Morgan fingerprint density at radius 1 is 0.321 bits per heavy atom. The van der Waals surface area contributed by atoms with Crippen molar-refractivity contribution in [3.05, 3.63) is 182 Å². The van der Waals surface area contributed by atoms with Crippen LogP contribution in [0.3, 0.4) is 0 Å². The second-order valence-corrected chi connectivity index (χ2v) is 13.0. The molecule has 3 aromatic heterocycles. The first kappa shape index (κ1) is 30.6. The molecule has 0 spiro atoms. The number of hydrogen-bond acceptors (Lipinski definition) is 5. The first-order valence-corrected chi connectivity index (χ1v) is 17.6. The van der Waals surface area contributed by atoms with Crippen LogP contribution in [0.4, 0.5) is 0 Å². The second kappa shape index (κ2) is 12.8. The molecule has 248 valence electrons. The van der Waals surface area contributed by atoms with Crippen LogP contribution in [0.5, 0.6) is 0 Å². The lowest BCUT2D eigenvalue weighted by atomic mass is 9.99. The molecule has 0 N–H and O–H groups in total. The van der Waals surface area contributed by atoms with Gasteiger partial charge in [-0.3, -0.25) is 0 Å². The Balaban J connectivity index is 1.19. The van der Waals surface area contributed by atoms with Crippen LogP contribution in [-0.4, -0.2) is 19.9 Å². The summed E-state index contributed by atoms with van der Waals surface area (Å²) in [7, 11) is 0. The van der Waals surface area contributed by atoms with E-state index >= 15 is 0 Å². The van der Waals surface area contributed by atoms with E-state index in [1.165, 1.54) is 0 Å². The number of nitrogens with zero attached hydrogens (tertiary/aromatic N) is 4. The third-order valence-corrected chi connectivity index (χ3v) is 9.76. The summed E-state index contributed by atoms with van der Waals surface area (Å²) in [5.74, 6) is 1.72. The van der Waals surface area contributed by atoms with Gasteiger partial charge in [0.1, 0.15) is 11.2 Å². The molecule has 0 radical (unpaired) electrons. The molecule has 3 heterocycles. The number of benzene rings is 7. The molecule has 7 aromatic carbocycles. The predicted octanol–water partition coefficient (Wildman–Crippen LogP) is 12.3. The van der Waals surface area contributed by atoms with Gasteiger partial charge >= 0.3 is 0 Å². The SMILES string of the molecule is c1ccc(-c2ccc(-c3nc(-c4ccc(-c5ccccc5)cc4)nc(-c4cccc5nc(-c6ccccc6)c6c7ccccc7oc6c45)n3)cc2)cc1. The van der Waals surface area contributed by atoms with Crippen molar-refractivity contribution in [1.82, 2.24) is 19.9 Å². The average Bonchev–Trinajstić information content (AvgIpc) is 3.64. The molecule has 0 unspecified atom stereocenters. The molecular weight excluding hydrogens is 649 g/mol. The summed E-state index contributed by atoms with van der Waals surface area (Å²) < 4.78 is 6.72. The third kappa shape index (κ3) is 5.52. The standard InChI is InChI=1S/C48H30N4O/c1-4-13-31(14-5-1)33-23-27-36(28-24-33)46-50-47(37-29-25-34(26-30-37)32-15-6-2-7-16-32)52-48(51-46)39-20-12-21-40-42(39)45-43(38-19-10-11-22-41(38)53-45)44(49-40)35-17-8-3-9-18-35/h1-30H. The maximum Gasteiger partial charge on any atom is 0.164 e. The van der Waals surface area contributed by atoms with Gasteiger partial charge in [-0.25, -0.2) is 19.9 Å². The van der Waals surface area contributed by atoms with Crippen LogP contribution in [0.15, 0.2) is 186 Å². The van der Waals surface area contributed by atoms with Crippen LogP contribution in [0.2, 0.25) is 0 Å². The van der Waals surface area contributed by atoms with Gasteiger partial charge < -0.3 is 4.42 Å². The van der Waals surface area contributed by atoms with Crippen molar-refractivity contribution >= 4 is 32.8 Å². The van der Waals surface area contributed by atoms with Crippen LogP contribution in [0.1, 0.15) is 0 Å². The topological polar surface area (TPSA) is 64.7 Å². The lowest BCUT2D eigenvalue weighted by molar-refractivity contribution is 0.672. The Morgan fingerprint density at radius 3 is 1.38 bits per heavy atom. The molecule has 0 fully saturated rings. The Labute approximate surface area is 305 Å². The summed E-state index contributed by atoms with van der Waals surface area (Å²) in [5.41, 5.74) is 11.5. The fraction of sp³-hybridized carbons (Fsp3) is 0. The molecule has 0 saturated heterocycles. The number of para-hydroxylation sites is 1. The summed E-state index contributed by atoms with van der Waals surface area (Å²) in [5, 5.41) is 2.84. The number of aromatic nitrogens is 4. The highest BCUT2D eigenvalue weighted by atomic mass is 16.3. The van der Waals surface area contributed by atoms with Crippen molar-refractivity contribution < 1.29 is 4.42 Å². The highest BCUT2D eigenvalue weighted by molar-refractivity contribution is 6.21. The molecule has 10 aromatic rings. The van der Waals surface area contributed by atoms with Gasteiger partial charge in [-0.05, 0) is 34.4 Å². The van der Waals surface area contributed by atoms with E-state index in [-0.39, 0.29) is 0 Å². The van der Waals surface area contributed by atoms with Gasteiger partial charge in [0.15, 0.2) is 17.5 Å². The second-order valence-electron chi connectivity index (χ2n) is 13.0. The van der Waals surface area contributed by atoms with Crippen LogP contribution < -0.4 is 0 Å². The van der Waals surface area contributed by atoms with Crippen LogP contribution >= 0.6 is 0 Å². The smallest absolute Gasteiger partial charge is 0.164 e. The first-order chi connectivity index (χ1) is 26.3. The van der Waals surface area contributed by atoms with Gasteiger partial charge in [0.25, 0.3) is 0 Å².